The highest BCUT2D eigenvalue weighted by Gasteiger charge is 2.36. The molecule has 0 aliphatic heterocycles. The van der Waals surface area contributed by atoms with Gasteiger partial charge in [0.05, 0.1) is 5.02 Å². The van der Waals surface area contributed by atoms with Crippen molar-refractivity contribution in [2.24, 2.45) is 5.73 Å². The molecule has 1 saturated carbocycles. The minimum absolute atomic E-state index is 0.0571. The van der Waals surface area contributed by atoms with Crippen LogP contribution < -0.4 is 5.73 Å². The van der Waals surface area contributed by atoms with Crippen LogP contribution in [0, 0.1) is 0 Å². The van der Waals surface area contributed by atoms with E-state index >= 15 is 0 Å². The van der Waals surface area contributed by atoms with Gasteiger partial charge in [0.2, 0.25) is 0 Å². The van der Waals surface area contributed by atoms with Crippen molar-refractivity contribution in [3.63, 3.8) is 0 Å². The molecule has 2 aliphatic carbocycles. The molecular formula is C17H24ClNO. The standard InChI is InChI=1S/C17H24ClNO/c18-15-13-7-3-2-6-12(13)10-14(16(15)20)17(11-19)8-4-1-5-9-17/h10,20H,1-9,11,19H2. The number of benzene rings is 1. The van der Waals surface area contributed by atoms with Gasteiger partial charge in [-0.1, -0.05) is 36.9 Å². The largest absolute Gasteiger partial charge is 0.506 e. The van der Waals surface area contributed by atoms with Crippen LogP contribution in [-0.2, 0) is 18.3 Å². The monoisotopic (exact) mass is 293 g/mol. The zero-order valence-electron chi connectivity index (χ0n) is 12.1. The SMILES string of the molecule is NCC1(c2cc3c(c(Cl)c2O)CCCC3)CCCCC1. The fraction of sp³-hybridized carbons (Fsp3) is 0.647. The average molecular weight is 294 g/mol. The molecule has 1 aromatic carbocycles. The Morgan fingerprint density at radius 3 is 2.50 bits per heavy atom. The van der Waals surface area contributed by atoms with Crippen LogP contribution in [0.2, 0.25) is 5.02 Å². The van der Waals surface area contributed by atoms with Crippen LogP contribution in [-0.4, -0.2) is 11.7 Å². The van der Waals surface area contributed by atoms with E-state index in [-0.39, 0.29) is 5.41 Å². The lowest BCUT2D eigenvalue weighted by molar-refractivity contribution is 0.290. The highest BCUT2D eigenvalue weighted by Crippen LogP contribution is 2.47. The highest BCUT2D eigenvalue weighted by atomic mass is 35.5. The minimum Gasteiger partial charge on any atom is -0.506 e. The molecule has 0 amide bonds. The maximum Gasteiger partial charge on any atom is 0.138 e. The molecule has 0 bridgehead atoms. The van der Waals surface area contributed by atoms with Gasteiger partial charge in [-0.3, -0.25) is 0 Å². The molecule has 110 valence electrons. The Labute approximate surface area is 126 Å². The molecule has 1 aromatic rings. The fourth-order valence-corrected chi connectivity index (χ4v) is 4.38. The molecule has 0 unspecified atom stereocenters. The fourth-order valence-electron chi connectivity index (χ4n) is 4.06. The first kappa shape index (κ1) is 14.2. The predicted octanol–water partition coefficient (Wildman–Crippen LogP) is 4.09. The maximum atomic E-state index is 10.6. The van der Waals surface area contributed by atoms with Gasteiger partial charge in [-0.2, -0.15) is 0 Å². The van der Waals surface area contributed by atoms with Gasteiger partial charge in [0, 0.05) is 17.5 Å². The summed E-state index contributed by atoms with van der Waals surface area (Å²) in [4.78, 5) is 0. The molecule has 2 aliphatic rings. The van der Waals surface area contributed by atoms with Crippen LogP contribution in [0.1, 0.15) is 61.6 Å². The predicted molar refractivity (Wildman–Crippen MR) is 83.6 cm³/mol. The number of rotatable bonds is 2. The van der Waals surface area contributed by atoms with E-state index in [1.165, 1.54) is 43.2 Å². The summed E-state index contributed by atoms with van der Waals surface area (Å²) in [5, 5.41) is 11.2. The second-order valence-electron chi connectivity index (χ2n) is 6.48. The first-order valence-corrected chi connectivity index (χ1v) is 8.29. The van der Waals surface area contributed by atoms with E-state index in [0.29, 0.717) is 17.3 Å². The molecule has 0 saturated heterocycles. The Bertz CT molecular complexity index is 506. The summed E-state index contributed by atoms with van der Waals surface area (Å²) >= 11 is 6.46. The smallest absolute Gasteiger partial charge is 0.138 e. The number of aryl methyl sites for hydroxylation is 1. The number of halogens is 1. The van der Waals surface area contributed by atoms with E-state index in [0.717, 1.165) is 31.2 Å². The van der Waals surface area contributed by atoms with Crippen molar-refractivity contribution in [1.29, 1.82) is 0 Å². The zero-order chi connectivity index (χ0) is 14.2. The summed E-state index contributed by atoms with van der Waals surface area (Å²) in [5.74, 6) is 0.305. The van der Waals surface area contributed by atoms with Crippen LogP contribution >= 0.6 is 11.6 Å². The van der Waals surface area contributed by atoms with Crippen LogP contribution in [0.4, 0.5) is 0 Å². The minimum atomic E-state index is -0.0571. The summed E-state index contributed by atoms with van der Waals surface area (Å²) in [5.41, 5.74) is 9.58. The lowest BCUT2D eigenvalue weighted by Gasteiger charge is -2.38. The van der Waals surface area contributed by atoms with Gasteiger partial charge in [0.1, 0.15) is 5.75 Å². The van der Waals surface area contributed by atoms with Gasteiger partial charge >= 0.3 is 0 Å². The van der Waals surface area contributed by atoms with Gasteiger partial charge in [-0.05, 0) is 49.7 Å². The molecule has 1 fully saturated rings. The highest BCUT2D eigenvalue weighted by molar-refractivity contribution is 6.33. The molecule has 3 heteroatoms. The van der Waals surface area contributed by atoms with Gasteiger partial charge in [0.15, 0.2) is 0 Å². The molecule has 0 radical (unpaired) electrons. The Hall–Kier alpha value is -0.730. The number of hydrogen-bond donors (Lipinski definition) is 2. The molecule has 0 atom stereocenters. The Morgan fingerprint density at radius 2 is 1.80 bits per heavy atom. The molecule has 3 N–H and O–H groups in total. The van der Waals surface area contributed by atoms with Gasteiger partial charge < -0.3 is 10.8 Å². The summed E-state index contributed by atoms with van der Waals surface area (Å²) in [6, 6.07) is 2.22. The molecular weight excluding hydrogens is 270 g/mol. The number of phenols is 1. The summed E-state index contributed by atoms with van der Waals surface area (Å²) in [6.07, 6.45) is 10.3. The van der Waals surface area contributed by atoms with Crippen LogP contribution in [0.25, 0.3) is 0 Å². The van der Waals surface area contributed by atoms with Crippen LogP contribution in [0.15, 0.2) is 6.07 Å². The first-order chi connectivity index (χ1) is 9.68. The quantitative estimate of drug-likeness (QED) is 0.863. The molecule has 3 rings (SSSR count). The molecule has 20 heavy (non-hydrogen) atoms. The van der Waals surface area contributed by atoms with Gasteiger partial charge in [-0.25, -0.2) is 0 Å². The van der Waals surface area contributed by atoms with E-state index in [2.05, 4.69) is 6.07 Å². The molecule has 2 nitrogen and oxygen atoms in total. The van der Waals surface area contributed by atoms with Crippen molar-refractivity contribution < 1.29 is 5.11 Å². The number of phenolic OH excluding ortho intramolecular Hbond substituents is 1. The van der Waals surface area contributed by atoms with Crippen molar-refractivity contribution in [2.75, 3.05) is 6.54 Å². The topological polar surface area (TPSA) is 46.2 Å². The van der Waals surface area contributed by atoms with Crippen molar-refractivity contribution in [3.05, 3.63) is 27.8 Å². The second kappa shape index (κ2) is 5.57. The van der Waals surface area contributed by atoms with E-state index in [1.54, 1.807) is 0 Å². The Kier molecular flexibility index (Phi) is 3.96. The van der Waals surface area contributed by atoms with E-state index in [9.17, 15) is 5.11 Å². The first-order valence-electron chi connectivity index (χ1n) is 7.92. The Balaban J connectivity index is 2.10. The maximum absolute atomic E-state index is 10.6. The van der Waals surface area contributed by atoms with Gasteiger partial charge in [0.25, 0.3) is 0 Å². The third-order valence-electron chi connectivity index (χ3n) is 5.33. The van der Waals surface area contributed by atoms with Crippen molar-refractivity contribution in [3.8, 4) is 5.75 Å². The van der Waals surface area contributed by atoms with Crippen molar-refractivity contribution in [1.82, 2.24) is 0 Å². The van der Waals surface area contributed by atoms with E-state index in [4.69, 9.17) is 17.3 Å². The third-order valence-corrected chi connectivity index (χ3v) is 5.74. The third kappa shape index (κ3) is 2.23. The molecule has 0 aromatic heterocycles. The zero-order valence-corrected chi connectivity index (χ0v) is 12.8. The summed E-state index contributed by atoms with van der Waals surface area (Å²) < 4.78 is 0. The molecule has 0 heterocycles. The number of hydrogen-bond acceptors (Lipinski definition) is 2. The lowest BCUT2D eigenvalue weighted by atomic mass is 9.68. The van der Waals surface area contributed by atoms with E-state index < -0.39 is 0 Å². The number of fused-ring (bicyclic) bond motifs is 1. The number of nitrogens with two attached hydrogens (primary N) is 1. The normalized spacial score (nSPS) is 21.5. The number of aromatic hydroxyl groups is 1. The summed E-state index contributed by atoms with van der Waals surface area (Å²) in [6.45, 7) is 0.607. The van der Waals surface area contributed by atoms with Crippen molar-refractivity contribution in [2.45, 2.75) is 63.2 Å². The van der Waals surface area contributed by atoms with Gasteiger partial charge in [-0.15, -0.1) is 0 Å². The lowest BCUT2D eigenvalue weighted by Crippen LogP contribution is -2.37. The van der Waals surface area contributed by atoms with Crippen LogP contribution in [0.5, 0.6) is 5.75 Å². The summed E-state index contributed by atoms with van der Waals surface area (Å²) in [7, 11) is 0. The molecule has 0 spiro atoms. The van der Waals surface area contributed by atoms with Crippen LogP contribution in [0.3, 0.4) is 0 Å². The van der Waals surface area contributed by atoms with Crippen molar-refractivity contribution >= 4 is 11.6 Å². The van der Waals surface area contributed by atoms with E-state index in [1.807, 2.05) is 0 Å². The second-order valence-corrected chi connectivity index (χ2v) is 6.85. The average Bonchev–Trinajstić information content (AvgIpc) is 2.51. The Morgan fingerprint density at radius 1 is 1.10 bits per heavy atom.